The number of hydrogen-bond donors (Lipinski definition) is 0. The van der Waals surface area contributed by atoms with Crippen LogP contribution in [0.2, 0.25) is 0 Å². The zero-order valence-electron chi connectivity index (χ0n) is 12.7. The molecule has 1 saturated carbocycles. The summed E-state index contributed by atoms with van der Waals surface area (Å²) < 4.78 is 70.9. The first kappa shape index (κ1) is 17.9. The summed E-state index contributed by atoms with van der Waals surface area (Å²) in [5.41, 5.74) is -1.76. The fourth-order valence-corrected chi connectivity index (χ4v) is 2.62. The average Bonchev–Trinajstić information content (AvgIpc) is 3.05. The summed E-state index contributed by atoms with van der Waals surface area (Å²) in [6.45, 7) is 2.23. The highest BCUT2D eigenvalue weighted by Crippen LogP contribution is 2.59. The van der Waals surface area contributed by atoms with Crippen molar-refractivity contribution in [1.82, 2.24) is 0 Å². The fourth-order valence-electron chi connectivity index (χ4n) is 2.62. The van der Waals surface area contributed by atoms with E-state index in [2.05, 4.69) is 0 Å². The van der Waals surface area contributed by atoms with Crippen LogP contribution in [0.5, 0.6) is 0 Å². The summed E-state index contributed by atoms with van der Waals surface area (Å²) in [4.78, 5) is 12.0. The number of halogens is 5. The van der Waals surface area contributed by atoms with E-state index in [1.165, 1.54) is 6.07 Å². The van der Waals surface area contributed by atoms with Crippen LogP contribution in [-0.4, -0.2) is 5.97 Å². The molecule has 0 aliphatic heterocycles. The number of nitrogens with zero attached hydrogens (tertiary/aromatic N) is 1. The molecule has 1 aromatic carbocycles. The minimum Gasteiger partial charge on any atom is -0.460 e. The summed E-state index contributed by atoms with van der Waals surface area (Å²) in [6.07, 6.45) is 0.967. The summed E-state index contributed by atoms with van der Waals surface area (Å²) in [7, 11) is 0. The normalized spacial score (nSPS) is 22.0. The third kappa shape index (κ3) is 3.11. The van der Waals surface area contributed by atoms with Crippen LogP contribution in [0.4, 0.5) is 22.0 Å². The second-order valence-electron chi connectivity index (χ2n) is 6.01. The van der Waals surface area contributed by atoms with Gasteiger partial charge in [0.15, 0.2) is 29.1 Å². The van der Waals surface area contributed by atoms with Gasteiger partial charge in [-0.2, -0.15) is 9.65 Å². The molecule has 1 aromatic rings. The van der Waals surface area contributed by atoms with Crippen molar-refractivity contribution in [2.24, 2.45) is 17.3 Å². The van der Waals surface area contributed by atoms with E-state index in [0.717, 1.165) is 6.08 Å². The lowest BCUT2D eigenvalue weighted by molar-refractivity contribution is -0.147. The van der Waals surface area contributed by atoms with Gasteiger partial charge in [0.25, 0.3) is 0 Å². The zero-order valence-corrected chi connectivity index (χ0v) is 12.7. The van der Waals surface area contributed by atoms with Crippen molar-refractivity contribution in [3.8, 4) is 6.07 Å². The number of esters is 1. The van der Waals surface area contributed by atoms with Crippen LogP contribution in [-0.2, 0) is 16.1 Å². The molecule has 0 N–H and O–H groups in total. The van der Waals surface area contributed by atoms with Crippen LogP contribution >= 0.6 is 0 Å². The average molecular weight is 345 g/mol. The number of rotatable bonds is 4. The molecule has 8 heteroatoms. The SMILES string of the molecule is CC1(C)[C@H](C(=O)OCc2c(F)c(F)cc(F)c2F)[C@@H]1C=C(F)C#N. The number of carbonyl (C=O) groups excluding carboxylic acids is 1. The molecule has 0 heterocycles. The van der Waals surface area contributed by atoms with Gasteiger partial charge in [0, 0.05) is 12.0 Å². The molecule has 1 fully saturated rings. The highest BCUT2D eigenvalue weighted by Gasteiger charge is 2.61. The molecule has 0 bridgehead atoms. The Hall–Kier alpha value is -2.43. The number of carbonyl (C=O) groups is 1. The standard InChI is InChI=1S/C16H12F5NO2/c1-16(2)9(3-7(17)5-22)12(16)15(23)24-6-8-13(20)10(18)4-11(19)14(8)21/h3-4,9,12H,6H2,1-2H3/t9-,12-/m0/s1. The van der Waals surface area contributed by atoms with Gasteiger partial charge in [-0.3, -0.25) is 4.79 Å². The first-order valence-electron chi connectivity index (χ1n) is 6.87. The lowest BCUT2D eigenvalue weighted by Crippen LogP contribution is -2.13. The van der Waals surface area contributed by atoms with E-state index in [-0.39, 0.29) is 6.07 Å². The largest absolute Gasteiger partial charge is 0.460 e. The molecular formula is C16H12F5NO2. The minimum atomic E-state index is -1.65. The van der Waals surface area contributed by atoms with E-state index in [1.54, 1.807) is 13.8 Å². The monoisotopic (exact) mass is 345 g/mol. The summed E-state index contributed by atoms with van der Waals surface area (Å²) in [6, 6.07) is 1.33. The molecule has 0 spiro atoms. The number of nitriles is 1. The van der Waals surface area contributed by atoms with Gasteiger partial charge in [-0.15, -0.1) is 0 Å². The van der Waals surface area contributed by atoms with Crippen molar-refractivity contribution in [1.29, 1.82) is 5.26 Å². The molecule has 2 rings (SSSR count). The van der Waals surface area contributed by atoms with Crippen LogP contribution in [0.25, 0.3) is 0 Å². The van der Waals surface area contributed by atoms with Gasteiger partial charge in [0.2, 0.25) is 0 Å². The van der Waals surface area contributed by atoms with Gasteiger partial charge < -0.3 is 4.74 Å². The molecule has 0 saturated heterocycles. The van der Waals surface area contributed by atoms with Crippen LogP contribution in [0.3, 0.4) is 0 Å². The third-order valence-corrected chi connectivity index (χ3v) is 4.16. The summed E-state index contributed by atoms with van der Waals surface area (Å²) >= 11 is 0. The van der Waals surface area contributed by atoms with E-state index in [4.69, 9.17) is 10.00 Å². The van der Waals surface area contributed by atoms with Gasteiger partial charge in [0.1, 0.15) is 12.7 Å². The lowest BCUT2D eigenvalue weighted by Gasteiger charge is -2.09. The van der Waals surface area contributed by atoms with E-state index >= 15 is 0 Å². The van der Waals surface area contributed by atoms with Crippen molar-refractivity contribution < 1.29 is 31.5 Å². The smallest absolute Gasteiger partial charge is 0.310 e. The maximum atomic E-state index is 13.5. The van der Waals surface area contributed by atoms with Crippen LogP contribution in [0, 0.1) is 51.9 Å². The molecule has 1 aliphatic rings. The number of ether oxygens (including phenoxy) is 1. The molecule has 1 aliphatic carbocycles. The van der Waals surface area contributed by atoms with Gasteiger partial charge in [-0.25, -0.2) is 17.6 Å². The Labute approximate surface area is 134 Å². The third-order valence-electron chi connectivity index (χ3n) is 4.16. The lowest BCUT2D eigenvalue weighted by atomic mass is 10.1. The first-order valence-corrected chi connectivity index (χ1v) is 6.87. The summed E-state index contributed by atoms with van der Waals surface area (Å²) in [5, 5.41) is 8.41. The van der Waals surface area contributed by atoms with Gasteiger partial charge in [-0.1, -0.05) is 13.8 Å². The maximum absolute atomic E-state index is 13.5. The molecule has 2 atom stereocenters. The predicted octanol–water partition coefficient (Wildman–Crippen LogP) is 3.94. The van der Waals surface area contributed by atoms with E-state index in [0.29, 0.717) is 0 Å². The minimum absolute atomic E-state index is 0.0471. The Morgan fingerprint density at radius 3 is 2.33 bits per heavy atom. The summed E-state index contributed by atoms with van der Waals surface area (Å²) in [5.74, 6) is -9.94. The Kier molecular flexibility index (Phi) is 4.65. The van der Waals surface area contributed by atoms with Crippen molar-refractivity contribution in [3.63, 3.8) is 0 Å². The Morgan fingerprint density at radius 1 is 1.29 bits per heavy atom. The number of hydrogen-bond acceptors (Lipinski definition) is 3. The Balaban J connectivity index is 2.12. The molecule has 128 valence electrons. The van der Waals surface area contributed by atoms with Crippen LogP contribution in [0.15, 0.2) is 18.0 Å². The van der Waals surface area contributed by atoms with Crippen molar-refractivity contribution in [3.05, 3.63) is 46.8 Å². The van der Waals surface area contributed by atoms with Crippen LogP contribution < -0.4 is 0 Å². The van der Waals surface area contributed by atoms with Gasteiger partial charge in [-0.05, 0) is 11.5 Å². The van der Waals surface area contributed by atoms with E-state index in [9.17, 15) is 26.7 Å². The predicted molar refractivity (Wildman–Crippen MR) is 71.6 cm³/mol. The van der Waals surface area contributed by atoms with E-state index < -0.39 is 64.5 Å². The zero-order chi connectivity index (χ0) is 18.2. The first-order chi connectivity index (χ1) is 11.1. The highest BCUT2D eigenvalue weighted by molar-refractivity contribution is 5.78. The Bertz CT molecular complexity index is 740. The highest BCUT2D eigenvalue weighted by atomic mass is 19.2. The number of allylic oxidation sites excluding steroid dienone is 2. The molecular weight excluding hydrogens is 333 g/mol. The van der Waals surface area contributed by atoms with Crippen molar-refractivity contribution in [2.75, 3.05) is 0 Å². The molecule has 24 heavy (non-hydrogen) atoms. The van der Waals surface area contributed by atoms with E-state index in [1.807, 2.05) is 0 Å². The quantitative estimate of drug-likeness (QED) is 0.359. The molecule has 3 nitrogen and oxygen atoms in total. The Morgan fingerprint density at radius 2 is 1.83 bits per heavy atom. The van der Waals surface area contributed by atoms with Gasteiger partial charge >= 0.3 is 5.97 Å². The molecule has 0 radical (unpaired) electrons. The van der Waals surface area contributed by atoms with Gasteiger partial charge in [0.05, 0.1) is 11.5 Å². The van der Waals surface area contributed by atoms with Crippen molar-refractivity contribution >= 4 is 5.97 Å². The topological polar surface area (TPSA) is 50.1 Å². The molecule has 0 unspecified atom stereocenters. The second-order valence-corrected chi connectivity index (χ2v) is 6.01. The number of benzene rings is 1. The maximum Gasteiger partial charge on any atom is 0.310 e. The molecule has 0 amide bonds. The van der Waals surface area contributed by atoms with Crippen molar-refractivity contribution in [2.45, 2.75) is 20.5 Å². The molecule has 0 aromatic heterocycles. The second kappa shape index (κ2) is 6.23. The fraction of sp³-hybridized carbons (Fsp3) is 0.375. The van der Waals surface area contributed by atoms with Crippen LogP contribution in [0.1, 0.15) is 19.4 Å².